The van der Waals surface area contributed by atoms with Crippen molar-refractivity contribution in [3.63, 3.8) is 0 Å². The summed E-state index contributed by atoms with van der Waals surface area (Å²) >= 11 is 0. The van der Waals surface area contributed by atoms with E-state index in [1.54, 1.807) is 6.92 Å². The molecule has 0 saturated heterocycles. The quantitative estimate of drug-likeness (QED) is 0.739. The summed E-state index contributed by atoms with van der Waals surface area (Å²) in [7, 11) is 0. The van der Waals surface area contributed by atoms with E-state index in [1.807, 2.05) is 25.3 Å². The summed E-state index contributed by atoms with van der Waals surface area (Å²) in [5.41, 5.74) is 2.23. The van der Waals surface area contributed by atoms with Crippen LogP contribution >= 0.6 is 0 Å². The fourth-order valence-electron chi connectivity index (χ4n) is 1.00. The predicted molar refractivity (Wildman–Crippen MR) is 49.0 cm³/mol. The van der Waals surface area contributed by atoms with Gasteiger partial charge in [-0.3, -0.25) is 4.98 Å². The number of rotatable bonds is 3. The molecule has 1 aromatic heterocycles. The standard InChI is InChI=1S/C10H15NO/c1-8-3-5-10(11-7-8)6-4-9(2)12/h3,5,7,9,12H,4,6H2,1-2H3. The first kappa shape index (κ1) is 9.20. The molecule has 2 nitrogen and oxygen atoms in total. The molecule has 1 atom stereocenters. The minimum Gasteiger partial charge on any atom is -0.393 e. The monoisotopic (exact) mass is 165 g/mol. The van der Waals surface area contributed by atoms with Gasteiger partial charge in [-0.15, -0.1) is 0 Å². The molecular weight excluding hydrogens is 150 g/mol. The van der Waals surface area contributed by atoms with Crippen LogP contribution < -0.4 is 0 Å². The van der Waals surface area contributed by atoms with Crippen molar-refractivity contribution in [3.05, 3.63) is 29.6 Å². The average molecular weight is 165 g/mol. The first-order valence-electron chi connectivity index (χ1n) is 4.28. The van der Waals surface area contributed by atoms with E-state index >= 15 is 0 Å². The van der Waals surface area contributed by atoms with Crippen molar-refractivity contribution in [2.45, 2.75) is 32.8 Å². The van der Waals surface area contributed by atoms with Crippen LogP contribution in [-0.4, -0.2) is 16.2 Å². The Morgan fingerprint density at radius 2 is 2.25 bits per heavy atom. The van der Waals surface area contributed by atoms with Crippen LogP contribution in [0.2, 0.25) is 0 Å². The van der Waals surface area contributed by atoms with Crippen molar-refractivity contribution in [1.82, 2.24) is 4.98 Å². The third-order valence-electron chi connectivity index (χ3n) is 1.79. The molecule has 12 heavy (non-hydrogen) atoms. The van der Waals surface area contributed by atoms with Crippen molar-refractivity contribution in [1.29, 1.82) is 0 Å². The number of aliphatic hydroxyl groups is 1. The van der Waals surface area contributed by atoms with E-state index in [4.69, 9.17) is 5.11 Å². The topological polar surface area (TPSA) is 33.1 Å². The molecule has 1 unspecified atom stereocenters. The first-order valence-corrected chi connectivity index (χ1v) is 4.28. The Balaban J connectivity index is 2.48. The average Bonchev–Trinajstić information content (AvgIpc) is 2.03. The van der Waals surface area contributed by atoms with Gasteiger partial charge in [0.15, 0.2) is 0 Å². The molecule has 0 aliphatic carbocycles. The Labute approximate surface area is 73.3 Å². The molecule has 0 aromatic carbocycles. The largest absolute Gasteiger partial charge is 0.393 e. The molecule has 66 valence electrons. The molecule has 2 heteroatoms. The fraction of sp³-hybridized carbons (Fsp3) is 0.500. The van der Waals surface area contributed by atoms with Crippen LogP contribution in [0, 0.1) is 6.92 Å². The highest BCUT2D eigenvalue weighted by atomic mass is 16.3. The summed E-state index contributed by atoms with van der Waals surface area (Å²) in [4.78, 5) is 4.24. The third-order valence-corrected chi connectivity index (χ3v) is 1.79. The van der Waals surface area contributed by atoms with Crippen molar-refractivity contribution in [2.24, 2.45) is 0 Å². The second kappa shape index (κ2) is 4.21. The van der Waals surface area contributed by atoms with E-state index in [0.717, 1.165) is 18.5 Å². The van der Waals surface area contributed by atoms with Crippen LogP contribution in [0.4, 0.5) is 0 Å². The minimum atomic E-state index is -0.229. The Morgan fingerprint density at radius 3 is 2.75 bits per heavy atom. The molecule has 1 rings (SSSR count). The summed E-state index contributed by atoms with van der Waals surface area (Å²) in [5, 5.41) is 9.04. The Morgan fingerprint density at radius 1 is 1.50 bits per heavy atom. The van der Waals surface area contributed by atoms with Gasteiger partial charge in [0.25, 0.3) is 0 Å². The zero-order valence-electron chi connectivity index (χ0n) is 7.62. The molecule has 0 aliphatic rings. The summed E-state index contributed by atoms with van der Waals surface area (Å²) in [6.45, 7) is 3.82. The molecule has 0 fully saturated rings. The lowest BCUT2D eigenvalue weighted by molar-refractivity contribution is 0.184. The number of hydrogen-bond donors (Lipinski definition) is 1. The van der Waals surface area contributed by atoms with Crippen molar-refractivity contribution >= 4 is 0 Å². The Bertz CT molecular complexity index is 228. The van der Waals surface area contributed by atoms with Crippen molar-refractivity contribution in [2.75, 3.05) is 0 Å². The lowest BCUT2D eigenvalue weighted by atomic mass is 10.1. The number of pyridine rings is 1. The number of hydrogen-bond acceptors (Lipinski definition) is 2. The molecule has 0 amide bonds. The van der Waals surface area contributed by atoms with Gasteiger partial charge in [0.2, 0.25) is 0 Å². The molecule has 0 radical (unpaired) electrons. The van der Waals surface area contributed by atoms with Gasteiger partial charge in [-0.25, -0.2) is 0 Å². The SMILES string of the molecule is Cc1ccc(CCC(C)O)nc1. The highest BCUT2D eigenvalue weighted by Gasteiger charge is 1.98. The lowest BCUT2D eigenvalue weighted by Crippen LogP contribution is -2.02. The maximum atomic E-state index is 9.04. The summed E-state index contributed by atoms with van der Waals surface area (Å²) in [6.07, 6.45) is 3.28. The summed E-state index contributed by atoms with van der Waals surface area (Å²) in [5.74, 6) is 0. The Kier molecular flexibility index (Phi) is 3.23. The highest BCUT2D eigenvalue weighted by molar-refractivity contribution is 5.12. The van der Waals surface area contributed by atoms with Gasteiger partial charge in [0, 0.05) is 11.9 Å². The van der Waals surface area contributed by atoms with Crippen molar-refractivity contribution < 1.29 is 5.11 Å². The van der Waals surface area contributed by atoms with Crippen LogP contribution in [0.25, 0.3) is 0 Å². The molecule has 1 heterocycles. The van der Waals surface area contributed by atoms with Crippen LogP contribution in [-0.2, 0) is 6.42 Å². The first-order chi connectivity index (χ1) is 5.68. The highest BCUT2D eigenvalue weighted by Crippen LogP contribution is 2.03. The fourth-order valence-corrected chi connectivity index (χ4v) is 1.00. The van der Waals surface area contributed by atoms with E-state index < -0.39 is 0 Å². The van der Waals surface area contributed by atoms with Crippen LogP contribution in [0.15, 0.2) is 18.3 Å². The molecule has 0 bridgehead atoms. The minimum absolute atomic E-state index is 0.229. The third kappa shape index (κ3) is 3.01. The molecule has 0 saturated carbocycles. The number of nitrogens with zero attached hydrogens (tertiary/aromatic N) is 1. The zero-order valence-corrected chi connectivity index (χ0v) is 7.62. The predicted octanol–water partition coefficient (Wildman–Crippen LogP) is 1.70. The zero-order chi connectivity index (χ0) is 8.97. The molecule has 1 aromatic rings. The van der Waals surface area contributed by atoms with Crippen molar-refractivity contribution in [3.8, 4) is 0 Å². The van der Waals surface area contributed by atoms with Gasteiger partial charge in [-0.1, -0.05) is 6.07 Å². The Hall–Kier alpha value is -0.890. The number of aliphatic hydroxyl groups excluding tert-OH is 1. The smallest absolute Gasteiger partial charge is 0.0515 e. The van der Waals surface area contributed by atoms with Gasteiger partial charge >= 0.3 is 0 Å². The van der Waals surface area contributed by atoms with Gasteiger partial charge < -0.3 is 5.11 Å². The van der Waals surface area contributed by atoms with Crippen LogP contribution in [0.1, 0.15) is 24.6 Å². The maximum Gasteiger partial charge on any atom is 0.0515 e. The summed E-state index contributed by atoms with van der Waals surface area (Å²) < 4.78 is 0. The summed E-state index contributed by atoms with van der Waals surface area (Å²) in [6, 6.07) is 4.06. The lowest BCUT2D eigenvalue weighted by Gasteiger charge is -2.02. The van der Waals surface area contributed by atoms with Gasteiger partial charge in [-0.2, -0.15) is 0 Å². The van der Waals surface area contributed by atoms with E-state index in [-0.39, 0.29) is 6.10 Å². The van der Waals surface area contributed by atoms with E-state index in [9.17, 15) is 0 Å². The van der Waals surface area contributed by atoms with E-state index in [2.05, 4.69) is 4.98 Å². The van der Waals surface area contributed by atoms with Gasteiger partial charge in [0.05, 0.1) is 6.10 Å². The van der Waals surface area contributed by atoms with E-state index in [1.165, 1.54) is 5.56 Å². The molecule has 0 aliphatic heterocycles. The molecule has 1 N–H and O–H groups in total. The number of aromatic nitrogens is 1. The van der Waals surface area contributed by atoms with Gasteiger partial charge in [-0.05, 0) is 38.3 Å². The van der Waals surface area contributed by atoms with E-state index in [0.29, 0.717) is 0 Å². The second-order valence-corrected chi connectivity index (χ2v) is 3.21. The van der Waals surface area contributed by atoms with Crippen LogP contribution in [0.5, 0.6) is 0 Å². The van der Waals surface area contributed by atoms with Gasteiger partial charge in [0.1, 0.15) is 0 Å². The molecular formula is C10H15NO. The normalized spacial score (nSPS) is 12.9. The second-order valence-electron chi connectivity index (χ2n) is 3.21. The maximum absolute atomic E-state index is 9.04. The number of aryl methyl sites for hydroxylation is 2. The van der Waals surface area contributed by atoms with Crippen LogP contribution in [0.3, 0.4) is 0 Å². The molecule has 0 spiro atoms.